The first-order valence-electron chi connectivity index (χ1n) is 4.99. The summed E-state index contributed by atoms with van der Waals surface area (Å²) in [6.07, 6.45) is 0. The van der Waals surface area contributed by atoms with E-state index in [9.17, 15) is 4.79 Å². The van der Waals surface area contributed by atoms with E-state index >= 15 is 0 Å². The summed E-state index contributed by atoms with van der Waals surface area (Å²) in [5.74, 6) is 0.220. The monoisotopic (exact) mass is 207 g/mol. The highest BCUT2D eigenvalue weighted by Crippen LogP contribution is 2.20. The molecular formula is C12H17NO2. The van der Waals surface area contributed by atoms with Crippen molar-refractivity contribution in [3.05, 3.63) is 35.4 Å². The average molecular weight is 207 g/mol. The van der Waals surface area contributed by atoms with Crippen LogP contribution < -0.4 is 0 Å². The van der Waals surface area contributed by atoms with Crippen LogP contribution in [0.15, 0.2) is 24.3 Å². The Balaban J connectivity index is 3.08. The second-order valence-electron chi connectivity index (χ2n) is 3.73. The van der Waals surface area contributed by atoms with Gasteiger partial charge < -0.3 is 0 Å². The van der Waals surface area contributed by atoms with Crippen LogP contribution in [0, 0.1) is 0 Å². The maximum Gasteiger partial charge on any atom is 0.277 e. The van der Waals surface area contributed by atoms with E-state index in [2.05, 4.69) is 13.8 Å². The topological polar surface area (TPSA) is 29.5 Å². The molecule has 0 saturated carbocycles. The van der Waals surface area contributed by atoms with Gasteiger partial charge in [0.15, 0.2) is 0 Å². The zero-order valence-corrected chi connectivity index (χ0v) is 9.65. The van der Waals surface area contributed by atoms with Crippen molar-refractivity contribution in [1.29, 1.82) is 0 Å². The van der Waals surface area contributed by atoms with Crippen molar-refractivity contribution in [2.24, 2.45) is 0 Å². The van der Waals surface area contributed by atoms with Gasteiger partial charge in [-0.2, -0.15) is 0 Å². The summed E-state index contributed by atoms with van der Waals surface area (Å²) in [6.45, 7) is 4.14. The van der Waals surface area contributed by atoms with Gasteiger partial charge >= 0.3 is 0 Å². The lowest BCUT2D eigenvalue weighted by Gasteiger charge is -2.17. The van der Waals surface area contributed by atoms with Gasteiger partial charge in [-0.25, -0.2) is 5.06 Å². The Hall–Kier alpha value is -1.35. The molecule has 1 aromatic carbocycles. The van der Waals surface area contributed by atoms with Crippen LogP contribution >= 0.6 is 0 Å². The van der Waals surface area contributed by atoms with Gasteiger partial charge in [-0.15, -0.1) is 0 Å². The zero-order valence-electron chi connectivity index (χ0n) is 9.65. The molecule has 3 heteroatoms. The van der Waals surface area contributed by atoms with Crippen LogP contribution in [-0.4, -0.2) is 25.1 Å². The Morgan fingerprint density at radius 1 is 1.33 bits per heavy atom. The number of carbonyl (C=O) groups is 1. The lowest BCUT2D eigenvalue weighted by Crippen LogP contribution is -2.26. The summed E-state index contributed by atoms with van der Waals surface area (Å²) < 4.78 is 0. The third-order valence-corrected chi connectivity index (χ3v) is 2.37. The van der Waals surface area contributed by atoms with Crippen molar-refractivity contribution in [1.82, 2.24) is 5.06 Å². The Labute approximate surface area is 90.6 Å². The molecule has 15 heavy (non-hydrogen) atoms. The van der Waals surface area contributed by atoms with Crippen molar-refractivity contribution in [3.8, 4) is 0 Å². The predicted molar refractivity (Wildman–Crippen MR) is 59.6 cm³/mol. The SMILES string of the molecule is CON(C)C(=O)c1ccccc1C(C)C. The highest BCUT2D eigenvalue weighted by molar-refractivity contribution is 5.95. The van der Waals surface area contributed by atoms with E-state index in [0.717, 1.165) is 5.56 Å². The number of hydrogen-bond donors (Lipinski definition) is 0. The minimum atomic E-state index is -0.109. The number of hydroxylamine groups is 2. The summed E-state index contributed by atoms with van der Waals surface area (Å²) in [5.41, 5.74) is 1.75. The number of carbonyl (C=O) groups excluding carboxylic acids is 1. The molecule has 0 heterocycles. The molecule has 0 aliphatic heterocycles. The summed E-state index contributed by atoms with van der Waals surface area (Å²) in [7, 11) is 3.09. The summed E-state index contributed by atoms with van der Waals surface area (Å²) in [4.78, 5) is 16.8. The summed E-state index contributed by atoms with van der Waals surface area (Å²) in [6, 6.07) is 7.61. The second-order valence-corrected chi connectivity index (χ2v) is 3.73. The van der Waals surface area contributed by atoms with Crippen molar-refractivity contribution >= 4 is 5.91 Å². The van der Waals surface area contributed by atoms with Gasteiger partial charge in [-0.05, 0) is 17.5 Å². The molecule has 0 atom stereocenters. The molecule has 1 amide bonds. The van der Waals surface area contributed by atoms with E-state index in [1.54, 1.807) is 7.05 Å². The van der Waals surface area contributed by atoms with Gasteiger partial charge in [0, 0.05) is 12.6 Å². The fourth-order valence-electron chi connectivity index (χ4n) is 1.45. The Morgan fingerprint density at radius 3 is 2.47 bits per heavy atom. The number of hydrogen-bond acceptors (Lipinski definition) is 2. The first kappa shape index (κ1) is 11.7. The van der Waals surface area contributed by atoms with Crippen molar-refractivity contribution in [3.63, 3.8) is 0 Å². The molecule has 82 valence electrons. The average Bonchev–Trinajstić information content (AvgIpc) is 2.27. The van der Waals surface area contributed by atoms with Crippen LogP contribution in [0.1, 0.15) is 35.7 Å². The molecule has 0 N–H and O–H groups in total. The van der Waals surface area contributed by atoms with Crippen molar-refractivity contribution in [2.45, 2.75) is 19.8 Å². The fourth-order valence-corrected chi connectivity index (χ4v) is 1.45. The maximum absolute atomic E-state index is 11.9. The fraction of sp³-hybridized carbons (Fsp3) is 0.417. The molecule has 0 bridgehead atoms. The molecular weight excluding hydrogens is 190 g/mol. The van der Waals surface area contributed by atoms with E-state index in [4.69, 9.17) is 4.84 Å². The van der Waals surface area contributed by atoms with E-state index in [1.807, 2.05) is 24.3 Å². The van der Waals surface area contributed by atoms with Crippen LogP contribution in [0.2, 0.25) is 0 Å². The number of nitrogens with zero attached hydrogens (tertiary/aromatic N) is 1. The lowest BCUT2D eigenvalue weighted by molar-refractivity contribution is -0.0757. The molecule has 1 rings (SSSR count). The first-order chi connectivity index (χ1) is 7.07. The second kappa shape index (κ2) is 4.94. The minimum absolute atomic E-state index is 0.109. The first-order valence-corrected chi connectivity index (χ1v) is 4.99. The van der Waals surface area contributed by atoms with Crippen LogP contribution in [0.25, 0.3) is 0 Å². The van der Waals surface area contributed by atoms with Gasteiger partial charge in [0.05, 0.1) is 7.11 Å². The van der Waals surface area contributed by atoms with E-state index < -0.39 is 0 Å². The molecule has 0 aliphatic rings. The van der Waals surface area contributed by atoms with Crippen LogP contribution in [0.4, 0.5) is 0 Å². The molecule has 0 fully saturated rings. The highest BCUT2D eigenvalue weighted by atomic mass is 16.7. The number of amides is 1. The van der Waals surface area contributed by atoms with Crippen LogP contribution in [-0.2, 0) is 4.84 Å². The van der Waals surface area contributed by atoms with Gasteiger partial charge in [-0.3, -0.25) is 9.63 Å². The molecule has 3 nitrogen and oxygen atoms in total. The van der Waals surface area contributed by atoms with E-state index in [-0.39, 0.29) is 5.91 Å². The normalized spacial score (nSPS) is 10.5. The lowest BCUT2D eigenvalue weighted by atomic mass is 9.97. The van der Waals surface area contributed by atoms with Gasteiger partial charge in [-0.1, -0.05) is 32.0 Å². The Bertz CT molecular complexity index is 347. The van der Waals surface area contributed by atoms with Gasteiger partial charge in [0.2, 0.25) is 0 Å². The maximum atomic E-state index is 11.9. The molecule has 0 saturated heterocycles. The Kier molecular flexibility index (Phi) is 3.86. The predicted octanol–water partition coefficient (Wildman–Crippen LogP) is 2.44. The van der Waals surface area contributed by atoms with Gasteiger partial charge in [0.25, 0.3) is 5.91 Å². The number of benzene rings is 1. The summed E-state index contributed by atoms with van der Waals surface area (Å²) >= 11 is 0. The quantitative estimate of drug-likeness (QED) is 0.712. The summed E-state index contributed by atoms with van der Waals surface area (Å²) in [5, 5.41) is 1.24. The highest BCUT2D eigenvalue weighted by Gasteiger charge is 2.16. The molecule has 1 aromatic rings. The molecule has 0 unspecified atom stereocenters. The van der Waals surface area contributed by atoms with Crippen molar-refractivity contribution < 1.29 is 9.63 Å². The molecule has 0 radical (unpaired) electrons. The molecule has 0 aromatic heterocycles. The van der Waals surface area contributed by atoms with E-state index in [0.29, 0.717) is 11.5 Å². The minimum Gasteiger partial charge on any atom is -0.274 e. The number of rotatable bonds is 3. The van der Waals surface area contributed by atoms with Crippen molar-refractivity contribution in [2.75, 3.05) is 14.2 Å². The standard InChI is InChI=1S/C12H17NO2/c1-9(2)10-7-5-6-8-11(10)12(14)13(3)15-4/h5-9H,1-4H3. The largest absolute Gasteiger partial charge is 0.277 e. The van der Waals surface area contributed by atoms with E-state index in [1.165, 1.54) is 12.2 Å². The Morgan fingerprint density at radius 2 is 1.93 bits per heavy atom. The zero-order chi connectivity index (χ0) is 11.4. The van der Waals surface area contributed by atoms with Gasteiger partial charge in [0.1, 0.15) is 0 Å². The molecule has 0 spiro atoms. The smallest absolute Gasteiger partial charge is 0.274 e. The third-order valence-electron chi connectivity index (χ3n) is 2.37. The van der Waals surface area contributed by atoms with Crippen LogP contribution in [0.5, 0.6) is 0 Å². The third kappa shape index (κ3) is 2.57. The molecule has 0 aliphatic carbocycles. The van der Waals surface area contributed by atoms with Crippen LogP contribution in [0.3, 0.4) is 0 Å².